The molecule has 2 N–H and O–H groups in total. The number of carbonyl (C=O) groups excluding carboxylic acids is 3. The molecule has 1 aliphatic rings. The second kappa shape index (κ2) is 9.92. The van der Waals surface area contributed by atoms with Gasteiger partial charge in [0, 0.05) is 22.2 Å². The summed E-state index contributed by atoms with van der Waals surface area (Å²) in [5.41, 5.74) is 2.02. The summed E-state index contributed by atoms with van der Waals surface area (Å²) in [4.78, 5) is 42.7. The summed E-state index contributed by atoms with van der Waals surface area (Å²) in [5, 5.41) is 6.10. The second-order valence-corrected chi connectivity index (χ2v) is 8.62. The van der Waals surface area contributed by atoms with Gasteiger partial charge in [-0.1, -0.05) is 0 Å². The number of aryl methyl sites for hydroxylation is 1. The molecule has 1 aromatic heterocycles. The quantitative estimate of drug-likeness (QED) is 0.492. The zero-order valence-electron chi connectivity index (χ0n) is 18.8. The first-order chi connectivity index (χ1) is 16.4. The Bertz CT molecular complexity index is 1220. The van der Waals surface area contributed by atoms with Crippen molar-refractivity contribution >= 4 is 39.9 Å². The van der Waals surface area contributed by atoms with Crippen LogP contribution in [0.15, 0.2) is 42.5 Å². The standard InChI is InChI=1S/C24H23N3O6S/c1-31-16-10-14(11-17(12-16)32-2)21(28)27-24-26-20-18(8-9-19(20)34-24)22(29)25-15-6-4-13(5-7-15)23(30)33-3/h4-7,10-12,18H,8-9H2,1-3H3,(H,25,29)(H,26,27,28). The maximum Gasteiger partial charge on any atom is 0.337 e. The van der Waals surface area contributed by atoms with Crippen molar-refractivity contribution in [2.75, 3.05) is 32.0 Å². The number of rotatable bonds is 7. The minimum absolute atomic E-state index is 0.190. The van der Waals surface area contributed by atoms with Gasteiger partial charge in [0.05, 0.1) is 38.5 Å². The van der Waals surface area contributed by atoms with Crippen molar-refractivity contribution in [2.24, 2.45) is 0 Å². The molecule has 2 amide bonds. The van der Waals surface area contributed by atoms with Crippen molar-refractivity contribution in [3.63, 3.8) is 0 Å². The number of benzene rings is 2. The van der Waals surface area contributed by atoms with Crippen LogP contribution in [0.2, 0.25) is 0 Å². The van der Waals surface area contributed by atoms with E-state index in [0.29, 0.717) is 52.0 Å². The maximum atomic E-state index is 12.9. The van der Waals surface area contributed by atoms with Gasteiger partial charge in [-0.25, -0.2) is 9.78 Å². The molecule has 0 spiro atoms. The van der Waals surface area contributed by atoms with Crippen LogP contribution in [0.1, 0.15) is 43.6 Å². The van der Waals surface area contributed by atoms with Gasteiger partial charge in [0.15, 0.2) is 5.13 Å². The van der Waals surface area contributed by atoms with Crippen molar-refractivity contribution in [3.8, 4) is 11.5 Å². The minimum atomic E-state index is -0.442. The number of nitrogens with zero attached hydrogens (tertiary/aromatic N) is 1. The van der Waals surface area contributed by atoms with Crippen molar-refractivity contribution in [1.29, 1.82) is 0 Å². The second-order valence-electron chi connectivity index (χ2n) is 7.53. The van der Waals surface area contributed by atoms with Crippen LogP contribution in [-0.4, -0.2) is 44.1 Å². The van der Waals surface area contributed by atoms with E-state index in [-0.39, 0.29) is 11.8 Å². The Hall–Kier alpha value is -3.92. The molecular weight excluding hydrogens is 458 g/mol. The summed E-state index contributed by atoms with van der Waals surface area (Å²) >= 11 is 1.36. The highest BCUT2D eigenvalue weighted by Gasteiger charge is 2.33. The zero-order chi connectivity index (χ0) is 24.2. The van der Waals surface area contributed by atoms with Crippen LogP contribution in [0.4, 0.5) is 10.8 Å². The van der Waals surface area contributed by atoms with E-state index in [1.165, 1.54) is 32.7 Å². The predicted molar refractivity (Wildman–Crippen MR) is 127 cm³/mol. The molecule has 4 rings (SSSR count). The maximum absolute atomic E-state index is 12.9. The fraction of sp³-hybridized carbons (Fsp3) is 0.250. The van der Waals surface area contributed by atoms with Crippen molar-refractivity contribution in [2.45, 2.75) is 18.8 Å². The highest BCUT2D eigenvalue weighted by Crippen LogP contribution is 2.39. The number of hydrogen-bond donors (Lipinski definition) is 2. The molecule has 1 aliphatic carbocycles. The van der Waals surface area contributed by atoms with Gasteiger partial charge in [-0.15, -0.1) is 11.3 Å². The number of aromatic nitrogens is 1. The Morgan fingerprint density at radius 1 is 0.941 bits per heavy atom. The molecule has 0 saturated heterocycles. The molecule has 3 aromatic rings. The first kappa shape index (κ1) is 23.2. The molecule has 1 heterocycles. The van der Waals surface area contributed by atoms with Crippen molar-refractivity contribution in [1.82, 2.24) is 4.98 Å². The third kappa shape index (κ3) is 4.86. The smallest absolute Gasteiger partial charge is 0.337 e. The molecule has 10 heteroatoms. The van der Waals surface area contributed by atoms with Gasteiger partial charge in [-0.05, 0) is 49.2 Å². The molecule has 34 heavy (non-hydrogen) atoms. The lowest BCUT2D eigenvalue weighted by Crippen LogP contribution is -2.20. The summed E-state index contributed by atoms with van der Waals surface area (Å²) in [6, 6.07) is 11.4. The van der Waals surface area contributed by atoms with Crippen LogP contribution < -0.4 is 20.1 Å². The first-order valence-electron chi connectivity index (χ1n) is 10.4. The molecule has 1 atom stereocenters. The van der Waals surface area contributed by atoms with Gasteiger partial charge in [-0.3, -0.25) is 14.9 Å². The average Bonchev–Trinajstić information content (AvgIpc) is 3.43. The predicted octanol–water partition coefficient (Wildman–Crippen LogP) is 3.87. The molecule has 1 unspecified atom stereocenters. The largest absolute Gasteiger partial charge is 0.497 e. The molecule has 2 aromatic carbocycles. The Labute approximate surface area is 200 Å². The molecule has 0 fully saturated rings. The number of ether oxygens (including phenoxy) is 3. The molecule has 176 valence electrons. The van der Waals surface area contributed by atoms with E-state index >= 15 is 0 Å². The molecule has 9 nitrogen and oxygen atoms in total. The number of esters is 1. The van der Waals surface area contributed by atoms with Gasteiger partial charge >= 0.3 is 5.97 Å². The van der Waals surface area contributed by atoms with Crippen LogP contribution in [0.25, 0.3) is 0 Å². The lowest BCUT2D eigenvalue weighted by Gasteiger charge is -2.11. The number of fused-ring (bicyclic) bond motifs is 1. The molecule has 0 saturated carbocycles. The Balaban J connectivity index is 1.45. The third-order valence-electron chi connectivity index (χ3n) is 5.44. The Morgan fingerprint density at radius 3 is 2.24 bits per heavy atom. The first-order valence-corrected chi connectivity index (χ1v) is 11.3. The lowest BCUT2D eigenvalue weighted by atomic mass is 10.1. The number of hydrogen-bond acceptors (Lipinski definition) is 8. The summed E-state index contributed by atoms with van der Waals surface area (Å²) in [5.74, 6) is -0.400. The van der Waals surface area contributed by atoms with E-state index in [1.54, 1.807) is 42.5 Å². The normalized spacial score (nSPS) is 14.1. The number of anilines is 2. The average molecular weight is 482 g/mol. The summed E-state index contributed by atoms with van der Waals surface area (Å²) in [6.07, 6.45) is 1.34. The Kier molecular flexibility index (Phi) is 6.78. The Morgan fingerprint density at radius 2 is 1.62 bits per heavy atom. The van der Waals surface area contributed by atoms with Crippen LogP contribution in [0.3, 0.4) is 0 Å². The van der Waals surface area contributed by atoms with E-state index < -0.39 is 11.9 Å². The summed E-state index contributed by atoms with van der Waals surface area (Å²) in [7, 11) is 4.34. The number of nitrogens with one attached hydrogen (secondary N) is 2. The van der Waals surface area contributed by atoms with Crippen molar-refractivity contribution < 1.29 is 28.6 Å². The van der Waals surface area contributed by atoms with E-state index in [9.17, 15) is 14.4 Å². The van der Waals surface area contributed by atoms with Gasteiger partial charge in [0.2, 0.25) is 5.91 Å². The van der Waals surface area contributed by atoms with E-state index in [1.807, 2.05) is 0 Å². The van der Waals surface area contributed by atoms with Gasteiger partial charge in [-0.2, -0.15) is 0 Å². The number of methoxy groups -OCH3 is 3. The van der Waals surface area contributed by atoms with Gasteiger partial charge in [0.1, 0.15) is 11.5 Å². The minimum Gasteiger partial charge on any atom is -0.497 e. The highest BCUT2D eigenvalue weighted by atomic mass is 32.1. The SMILES string of the molecule is COC(=O)c1ccc(NC(=O)C2CCc3sc(NC(=O)c4cc(OC)cc(OC)c4)nc32)cc1. The van der Waals surface area contributed by atoms with Gasteiger partial charge in [0.25, 0.3) is 5.91 Å². The summed E-state index contributed by atoms with van der Waals surface area (Å²) in [6.45, 7) is 0. The third-order valence-corrected chi connectivity index (χ3v) is 6.49. The molecule has 0 bridgehead atoms. The number of thiazole rings is 1. The van der Waals surface area contributed by atoms with Crippen molar-refractivity contribution in [3.05, 3.63) is 64.2 Å². The topological polar surface area (TPSA) is 116 Å². The monoisotopic (exact) mass is 481 g/mol. The van der Waals surface area contributed by atoms with E-state index in [4.69, 9.17) is 9.47 Å². The fourth-order valence-electron chi connectivity index (χ4n) is 3.68. The van der Waals surface area contributed by atoms with Crippen LogP contribution in [0.5, 0.6) is 11.5 Å². The fourth-order valence-corrected chi connectivity index (χ4v) is 4.71. The summed E-state index contributed by atoms with van der Waals surface area (Å²) < 4.78 is 15.1. The van der Waals surface area contributed by atoms with Crippen LogP contribution in [0, 0.1) is 0 Å². The van der Waals surface area contributed by atoms with Crippen LogP contribution in [-0.2, 0) is 16.0 Å². The van der Waals surface area contributed by atoms with E-state index in [2.05, 4.69) is 20.4 Å². The highest BCUT2D eigenvalue weighted by molar-refractivity contribution is 7.16. The van der Waals surface area contributed by atoms with Crippen LogP contribution >= 0.6 is 11.3 Å². The lowest BCUT2D eigenvalue weighted by molar-refractivity contribution is -0.117. The zero-order valence-corrected chi connectivity index (χ0v) is 19.7. The molecule has 0 aliphatic heterocycles. The molecule has 0 radical (unpaired) electrons. The number of amides is 2. The van der Waals surface area contributed by atoms with Gasteiger partial charge < -0.3 is 19.5 Å². The number of carbonyl (C=O) groups is 3. The van der Waals surface area contributed by atoms with E-state index in [0.717, 1.165) is 4.88 Å². The molecular formula is C24H23N3O6S.